The quantitative estimate of drug-likeness (QED) is 0.148. The van der Waals surface area contributed by atoms with E-state index in [1.807, 2.05) is 12.5 Å². The second kappa shape index (κ2) is 16.0. The monoisotopic (exact) mass is 694 g/mol. The summed E-state index contributed by atoms with van der Waals surface area (Å²) < 4.78 is 2.36. The first kappa shape index (κ1) is 36.6. The van der Waals surface area contributed by atoms with E-state index in [4.69, 9.17) is 0 Å². The van der Waals surface area contributed by atoms with E-state index in [1.165, 1.54) is 43.8 Å². The van der Waals surface area contributed by atoms with Crippen molar-refractivity contribution in [3.8, 4) is 0 Å². The smallest absolute Gasteiger partial charge is 0.241 e. The summed E-state index contributed by atoms with van der Waals surface area (Å²) in [7, 11) is -0.866. The number of aromatic nitrogens is 2. The number of imidazole rings is 1. The lowest BCUT2D eigenvalue weighted by Gasteiger charge is -2.38. The Balaban J connectivity index is 0.000000206. The summed E-state index contributed by atoms with van der Waals surface area (Å²) in [6, 6.07) is 61.5. The molecule has 0 aliphatic rings. The summed E-state index contributed by atoms with van der Waals surface area (Å²) in [6.45, 7) is 14.1. The molecule has 0 fully saturated rings. The highest BCUT2D eigenvalue weighted by atomic mass is 28.2. The fraction of sp³-hybridized carbons (Fsp3) is 0.188. The van der Waals surface area contributed by atoms with Gasteiger partial charge < -0.3 is 4.57 Å². The summed E-state index contributed by atoms with van der Waals surface area (Å²) in [4.78, 5) is 4.51. The third kappa shape index (κ3) is 8.46. The van der Waals surface area contributed by atoms with Crippen molar-refractivity contribution >= 4 is 37.8 Å². The Labute approximate surface area is 314 Å². The van der Waals surface area contributed by atoms with Crippen molar-refractivity contribution in [1.82, 2.24) is 9.55 Å². The zero-order valence-corrected chi connectivity index (χ0v) is 33.0. The minimum absolute atomic E-state index is 0.0816. The van der Waals surface area contributed by atoms with Crippen LogP contribution in [0.4, 0.5) is 0 Å². The second-order valence-electron chi connectivity index (χ2n) is 15.8. The van der Waals surface area contributed by atoms with Crippen molar-refractivity contribution < 1.29 is 0 Å². The third-order valence-corrected chi connectivity index (χ3v) is 12.6. The molecule has 4 heteroatoms. The molecule has 0 N–H and O–H groups in total. The van der Waals surface area contributed by atoms with Crippen molar-refractivity contribution in [3.63, 3.8) is 0 Å². The van der Waals surface area contributed by atoms with Gasteiger partial charge >= 0.3 is 0 Å². The Bertz CT molecular complexity index is 1970. The fourth-order valence-electron chi connectivity index (χ4n) is 7.14. The number of rotatable bonds is 8. The lowest BCUT2D eigenvalue weighted by Crippen LogP contribution is -2.51. The Morgan fingerprint density at radius 3 is 1.21 bits per heavy atom. The Hall–Kier alpha value is -5.19. The summed E-state index contributed by atoms with van der Waals surface area (Å²) in [5.41, 5.74) is 9.57. The Morgan fingerprint density at radius 1 is 0.462 bits per heavy atom. The van der Waals surface area contributed by atoms with Crippen LogP contribution in [0, 0.1) is 0 Å². The van der Waals surface area contributed by atoms with Gasteiger partial charge in [0.1, 0.15) is 0 Å². The van der Waals surface area contributed by atoms with Crippen molar-refractivity contribution in [2.75, 3.05) is 0 Å². The Kier molecular flexibility index (Phi) is 11.3. The molecule has 0 atom stereocenters. The predicted molar refractivity (Wildman–Crippen MR) is 227 cm³/mol. The van der Waals surface area contributed by atoms with Gasteiger partial charge in [-0.25, -0.2) is 4.98 Å². The maximum atomic E-state index is 4.51. The lowest BCUT2D eigenvalue weighted by molar-refractivity contribution is 0.565. The zero-order valence-electron chi connectivity index (χ0n) is 31.6. The molecule has 6 aromatic carbocycles. The molecule has 1 aromatic heterocycles. The summed E-state index contributed by atoms with van der Waals surface area (Å²) in [5, 5.41) is 1.16. The molecule has 7 rings (SSSR count). The van der Waals surface area contributed by atoms with E-state index < -0.39 is 9.52 Å². The largest absolute Gasteiger partial charge is 0.326 e. The summed E-state index contributed by atoms with van der Waals surface area (Å²) >= 11 is 0. The van der Waals surface area contributed by atoms with Crippen LogP contribution in [0.15, 0.2) is 189 Å². The zero-order chi connectivity index (χ0) is 36.6. The molecule has 0 saturated carbocycles. The van der Waals surface area contributed by atoms with Gasteiger partial charge in [0.2, 0.25) is 6.71 Å². The van der Waals surface area contributed by atoms with Crippen LogP contribution in [-0.4, -0.2) is 25.8 Å². The standard InChI is InChI=1S/C30H36N2Si.C18H15B/c1-28(2,3)23-12-10-14-25(20-23)30(32-19-18-31-22-32,33-27-16-8-7-9-17-27)26-15-11-13-24(21-26)29(4,5)6;1-4-10-16(11-5-1)19(17-12-6-2-7-13-17)18-14-8-3-9-15-18/h7-22H,33H2,1-6H3;1-15H. The molecule has 0 amide bonds. The highest BCUT2D eigenvalue weighted by Crippen LogP contribution is 2.37. The van der Waals surface area contributed by atoms with Crippen molar-refractivity contribution in [3.05, 3.63) is 211 Å². The highest BCUT2D eigenvalue weighted by molar-refractivity contribution is 6.95. The molecule has 2 nitrogen and oxygen atoms in total. The van der Waals surface area contributed by atoms with E-state index in [-0.39, 0.29) is 16.0 Å². The molecule has 0 aliphatic heterocycles. The average Bonchev–Trinajstić information content (AvgIpc) is 3.71. The summed E-state index contributed by atoms with van der Waals surface area (Å²) in [6.07, 6.45) is 6.06. The average molecular weight is 695 g/mol. The molecule has 0 bridgehead atoms. The SMILES string of the molecule is CC(C)(C)c1cccc(C([SiH2]c2ccccc2)(c2cccc(C(C)(C)C)c2)n2ccnc2)c1.c1ccc(B(c2ccccc2)c2ccccc2)cc1. The molecule has 1 heterocycles. The van der Waals surface area contributed by atoms with Gasteiger partial charge in [0.05, 0.1) is 21.0 Å². The number of nitrogens with zero attached hydrogens (tertiary/aromatic N) is 2. The number of hydrogen-bond acceptors (Lipinski definition) is 1. The minimum Gasteiger partial charge on any atom is -0.326 e. The van der Waals surface area contributed by atoms with Crippen LogP contribution < -0.4 is 21.6 Å². The first-order valence-corrected chi connectivity index (χ1v) is 19.9. The maximum Gasteiger partial charge on any atom is 0.241 e. The minimum atomic E-state index is -0.866. The van der Waals surface area contributed by atoms with E-state index in [0.29, 0.717) is 6.71 Å². The number of benzene rings is 6. The van der Waals surface area contributed by atoms with Gasteiger partial charge in [-0.05, 0) is 33.1 Å². The van der Waals surface area contributed by atoms with Crippen LogP contribution in [0.5, 0.6) is 0 Å². The van der Waals surface area contributed by atoms with Crippen LogP contribution in [0.3, 0.4) is 0 Å². The van der Waals surface area contributed by atoms with Gasteiger partial charge in [-0.3, -0.25) is 0 Å². The van der Waals surface area contributed by atoms with Gasteiger partial charge in [-0.2, -0.15) is 0 Å². The second-order valence-corrected chi connectivity index (χ2v) is 18.0. The van der Waals surface area contributed by atoms with Gasteiger partial charge in [0.25, 0.3) is 0 Å². The number of hydrogen-bond donors (Lipinski definition) is 0. The molecule has 0 aliphatic carbocycles. The van der Waals surface area contributed by atoms with Crippen LogP contribution in [-0.2, 0) is 16.0 Å². The lowest BCUT2D eigenvalue weighted by atomic mass is 9.37. The predicted octanol–water partition coefficient (Wildman–Crippen LogP) is 7.92. The van der Waals surface area contributed by atoms with Crippen LogP contribution in [0.25, 0.3) is 0 Å². The molecular weight excluding hydrogens is 643 g/mol. The normalized spacial score (nSPS) is 12.0. The molecule has 260 valence electrons. The summed E-state index contributed by atoms with van der Waals surface area (Å²) in [5.74, 6) is 0. The first-order valence-electron chi connectivity index (χ1n) is 18.4. The first-order chi connectivity index (χ1) is 25.1. The molecule has 0 saturated heterocycles. The van der Waals surface area contributed by atoms with E-state index >= 15 is 0 Å². The van der Waals surface area contributed by atoms with Crippen molar-refractivity contribution in [1.29, 1.82) is 0 Å². The van der Waals surface area contributed by atoms with E-state index in [2.05, 4.69) is 227 Å². The van der Waals surface area contributed by atoms with Crippen LogP contribution in [0.2, 0.25) is 0 Å². The molecule has 7 aromatic rings. The molecular formula is C48H51BN2Si. The topological polar surface area (TPSA) is 17.8 Å². The van der Waals surface area contributed by atoms with Gasteiger partial charge in [0, 0.05) is 12.4 Å². The van der Waals surface area contributed by atoms with E-state index in [9.17, 15) is 0 Å². The fourth-order valence-corrected chi connectivity index (χ4v) is 9.45. The highest BCUT2D eigenvalue weighted by Gasteiger charge is 2.38. The van der Waals surface area contributed by atoms with Gasteiger partial charge in [-0.1, -0.05) is 233 Å². The van der Waals surface area contributed by atoms with Crippen molar-refractivity contribution in [2.45, 2.75) is 57.5 Å². The van der Waals surface area contributed by atoms with Crippen LogP contribution >= 0.6 is 0 Å². The van der Waals surface area contributed by atoms with Gasteiger partial charge in [-0.15, -0.1) is 0 Å². The molecule has 0 unspecified atom stereocenters. The van der Waals surface area contributed by atoms with E-state index in [0.717, 1.165) is 0 Å². The van der Waals surface area contributed by atoms with Crippen LogP contribution in [0.1, 0.15) is 63.8 Å². The van der Waals surface area contributed by atoms with Crippen molar-refractivity contribution in [2.24, 2.45) is 0 Å². The molecule has 0 spiro atoms. The van der Waals surface area contributed by atoms with Gasteiger partial charge in [0.15, 0.2) is 0 Å². The molecule has 0 radical (unpaired) electrons. The van der Waals surface area contributed by atoms with E-state index in [1.54, 1.807) is 0 Å². The third-order valence-electron chi connectivity index (χ3n) is 10.1. The molecule has 52 heavy (non-hydrogen) atoms. The Morgan fingerprint density at radius 2 is 0.846 bits per heavy atom. The maximum absolute atomic E-state index is 4.51.